The van der Waals surface area contributed by atoms with E-state index >= 15 is 0 Å². The number of carbonyl (C=O) groups excluding carboxylic acids is 2. The predicted molar refractivity (Wildman–Crippen MR) is 119 cm³/mol. The first-order valence-corrected chi connectivity index (χ1v) is 10.4. The summed E-state index contributed by atoms with van der Waals surface area (Å²) < 4.78 is 13.0. The largest absolute Gasteiger partial charge is 0.379 e. The van der Waals surface area contributed by atoms with Crippen molar-refractivity contribution in [2.45, 2.75) is 17.9 Å². The van der Waals surface area contributed by atoms with Crippen molar-refractivity contribution in [2.24, 2.45) is 5.73 Å². The van der Waals surface area contributed by atoms with E-state index in [0.717, 1.165) is 10.5 Å². The fourth-order valence-corrected chi connectivity index (χ4v) is 3.61. The second kappa shape index (κ2) is 10.5. The van der Waals surface area contributed by atoms with Crippen LogP contribution in [0.25, 0.3) is 0 Å². The molecule has 2 amide bonds. The summed E-state index contributed by atoms with van der Waals surface area (Å²) in [7, 11) is 0. The molecule has 0 aliphatic rings. The molecule has 3 rings (SSSR count). The van der Waals surface area contributed by atoms with Crippen LogP contribution >= 0.6 is 11.8 Å². The van der Waals surface area contributed by atoms with Crippen LogP contribution in [-0.2, 0) is 11.3 Å². The smallest absolute Gasteiger partial charge is 0.248 e. The minimum Gasteiger partial charge on any atom is -0.379 e. The Kier molecular flexibility index (Phi) is 7.45. The Morgan fingerprint density at radius 3 is 2.37 bits per heavy atom. The van der Waals surface area contributed by atoms with Gasteiger partial charge >= 0.3 is 0 Å². The van der Waals surface area contributed by atoms with Gasteiger partial charge in [0.2, 0.25) is 11.8 Å². The molecule has 7 heteroatoms. The molecule has 0 spiro atoms. The van der Waals surface area contributed by atoms with Gasteiger partial charge in [-0.15, -0.1) is 11.8 Å². The van der Waals surface area contributed by atoms with Gasteiger partial charge in [-0.3, -0.25) is 9.59 Å². The molecular formula is C23H22FN3O2S. The lowest BCUT2D eigenvalue weighted by molar-refractivity contribution is -0.115. The van der Waals surface area contributed by atoms with Crippen molar-refractivity contribution in [3.05, 3.63) is 89.7 Å². The van der Waals surface area contributed by atoms with Gasteiger partial charge in [-0.1, -0.05) is 30.3 Å². The Balaban J connectivity index is 1.62. The Morgan fingerprint density at radius 1 is 0.933 bits per heavy atom. The summed E-state index contributed by atoms with van der Waals surface area (Å²) in [5.41, 5.74) is 7.98. The van der Waals surface area contributed by atoms with Crippen molar-refractivity contribution in [1.29, 1.82) is 0 Å². The quantitative estimate of drug-likeness (QED) is 0.437. The first-order valence-electron chi connectivity index (χ1n) is 9.41. The molecule has 0 saturated heterocycles. The zero-order valence-corrected chi connectivity index (χ0v) is 17.0. The zero-order valence-electron chi connectivity index (χ0n) is 16.2. The fourth-order valence-electron chi connectivity index (χ4n) is 2.75. The maximum absolute atomic E-state index is 13.0. The minimum absolute atomic E-state index is 0.186. The van der Waals surface area contributed by atoms with Crippen molar-refractivity contribution >= 4 is 35.0 Å². The normalized spacial score (nSPS) is 10.4. The molecule has 0 saturated carbocycles. The lowest BCUT2D eigenvalue weighted by Gasteiger charge is -2.14. The van der Waals surface area contributed by atoms with Crippen LogP contribution in [0.1, 0.15) is 22.3 Å². The van der Waals surface area contributed by atoms with Crippen molar-refractivity contribution < 1.29 is 14.0 Å². The monoisotopic (exact) mass is 423 g/mol. The third-order valence-corrected chi connectivity index (χ3v) is 5.33. The number of benzene rings is 3. The van der Waals surface area contributed by atoms with Crippen LogP contribution in [0, 0.1) is 5.82 Å². The standard InChI is InChI=1S/C23H22FN3O2S/c24-18-7-9-19(10-8-18)30-13-12-22(28)27-21-14-17(23(25)29)6-11-20(21)26-15-16-4-2-1-3-5-16/h1-11,14,26H,12-13,15H2,(H2,25,29)(H,27,28). The number of thioether (sulfide) groups is 1. The highest BCUT2D eigenvalue weighted by atomic mass is 32.2. The summed E-state index contributed by atoms with van der Waals surface area (Å²) in [5, 5.41) is 6.14. The van der Waals surface area contributed by atoms with Crippen LogP contribution in [0.5, 0.6) is 0 Å². The molecule has 4 N–H and O–H groups in total. The lowest BCUT2D eigenvalue weighted by atomic mass is 10.1. The number of anilines is 2. The molecule has 30 heavy (non-hydrogen) atoms. The van der Waals surface area contributed by atoms with E-state index < -0.39 is 5.91 Å². The van der Waals surface area contributed by atoms with Crippen LogP contribution in [0.3, 0.4) is 0 Å². The highest BCUT2D eigenvalue weighted by Crippen LogP contribution is 2.25. The van der Waals surface area contributed by atoms with E-state index in [9.17, 15) is 14.0 Å². The minimum atomic E-state index is -0.563. The van der Waals surface area contributed by atoms with E-state index in [-0.39, 0.29) is 18.1 Å². The van der Waals surface area contributed by atoms with E-state index in [1.807, 2.05) is 30.3 Å². The maximum Gasteiger partial charge on any atom is 0.248 e. The fraction of sp³-hybridized carbons (Fsp3) is 0.130. The van der Waals surface area contributed by atoms with Gasteiger partial charge in [-0.05, 0) is 48.0 Å². The van der Waals surface area contributed by atoms with Crippen LogP contribution in [-0.4, -0.2) is 17.6 Å². The summed E-state index contributed by atoms with van der Waals surface area (Å²) in [6, 6.07) is 20.9. The van der Waals surface area contributed by atoms with E-state index in [1.54, 1.807) is 30.3 Å². The molecule has 0 bridgehead atoms. The highest BCUT2D eigenvalue weighted by molar-refractivity contribution is 7.99. The molecule has 0 aromatic heterocycles. The Hall–Kier alpha value is -3.32. The Labute approximate surface area is 178 Å². The third kappa shape index (κ3) is 6.35. The molecule has 0 heterocycles. The van der Waals surface area contributed by atoms with Gasteiger partial charge in [0, 0.05) is 29.2 Å². The number of halogens is 1. The number of primary amides is 1. The summed E-state index contributed by atoms with van der Waals surface area (Å²) >= 11 is 1.47. The predicted octanol–water partition coefficient (Wildman–Crippen LogP) is 4.66. The van der Waals surface area contributed by atoms with E-state index in [4.69, 9.17) is 5.73 Å². The van der Waals surface area contributed by atoms with Crippen molar-refractivity contribution in [3.8, 4) is 0 Å². The summed E-state index contributed by atoms with van der Waals surface area (Å²) in [6.45, 7) is 0.569. The molecule has 3 aromatic rings. The molecule has 3 aromatic carbocycles. The average molecular weight is 424 g/mol. The van der Waals surface area contributed by atoms with Gasteiger partial charge in [-0.2, -0.15) is 0 Å². The van der Waals surface area contributed by atoms with Crippen molar-refractivity contribution in [2.75, 3.05) is 16.4 Å². The second-order valence-electron chi connectivity index (χ2n) is 6.56. The molecular weight excluding hydrogens is 401 g/mol. The molecule has 5 nitrogen and oxygen atoms in total. The molecule has 0 fully saturated rings. The van der Waals surface area contributed by atoms with Gasteiger partial charge < -0.3 is 16.4 Å². The van der Waals surface area contributed by atoms with Crippen LogP contribution in [0.2, 0.25) is 0 Å². The Morgan fingerprint density at radius 2 is 1.67 bits per heavy atom. The number of nitrogens with two attached hydrogens (primary N) is 1. The van der Waals surface area contributed by atoms with Crippen LogP contribution < -0.4 is 16.4 Å². The number of hydrogen-bond donors (Lipinski definition) is 3. The van der Waals surface area contributed by atoms with E-state index in [1.165, 1.54) is 23.9 Å². The van der Waals surface area contributed by atoms with Crippen LogP contribution in [0.15, 0.2) is 77.7 Å². The molecule has 0 atom stereocenters. The van der Waals surface area contributed by atoms with Gasteiger partial charge in [0.15, 0.2) is 0 Å². The topological polar surface area (TPSA) is 84.2 Å². The first kappa shape index (κ1) is 21.4. The number of carbonyl (C=O) groups is 2. The van der Waals surface area contributed by atoms with Gasteiger partial charge in [0.05, 0.1) is 11.4 Å². The van der Waals surface area contributed by atoms with Gasteiger partial charge in [0.1, 0.15) is 5.82 Å². The van der Waals surface area contributed by atoms with Gasteiger partial charge in [-0.25, -0.2) is 4.39 Å². The second-order valence-corrected chi connectivity index (χ2v) is 7.73. The first-order chi connectivity index (χ1) is 14.5. The Bertz CT molecular complexity index is 1010. The SMILES string of the molecule is NC(=O)c1ccc(NCc2ccccc2)c(NC(=O)CCSc2ccc(F)cc2)c1. The molecule has 0 radical (unpaired) electrons. The number of nitrogens with one attached hydrogen (secondary N) is 2. The van der Waals surface area contributed by atoms with Crippen molar-refractivity contribution in [1.82, 2.24) is 0 Å². The van der Waals surface area contributed by atoms with E-state index in [0.29, 0.717) is 29.2 Å². The zero-order chi connectivity index (χ0) is 21.3. The summed E-state index contributed by atoms with van der Waals surface area (Å²) in [6.07, 6.45) is 0.265. The molecule has 0 aliphatic heterocycles. The van der Waals surface area contributed by atoms with E-state index in [2.05, 4.69) is 10.6 Å². The summed E-state index contributed by atoms with van der Waals surface area (Å²) in [5.74, 6) is -0.498. The third-order valence-electron chi connectivity index (χ3n) is 4.32. The van der Waals surface area contributed by atoms with Crippen LogP contribution in [0.4, 0.5) is 15.8 Å². The molecule has 0 unspecified atom stereocenters. The lowest BCUT2D eigenvalue weighted by Crippen LogP contribution is -2.16. The average Bonchev–Trinajstić information content (AvgIpc) is 2.75. The number of rotatable bonds is 9. The number of amides is 2. The highest BCUT2D eigenvalue weighted by Gasteiger charge is 2.11. The molecule has 0 aliphatic carbocycles. The summed E-state index contributed by atoms with van der Waals surface area (Å²) in [4.78, 5) is 24.9. The maximum atomic E-state index is 13.0. The van der Waals surface area contributed by atoms with Gasteiger partial charge in [0.25, 0.3) is 0 Å². The molecule has 154 valence electrons. The number of hydrogen-bond acceptors (Lipinski definition) is 4. The van der Waals surface area contributed by atoms with Crippen molar-refractivity contribution in [3.63, 3.8) is 0 Å².